The molecule has 0 heterocycles. The summed E-state index contributed by atoms with van der Waals surface area (Å²) >= 11 is 0. The van der Waals surface area contributed by atoms with Crippen molar-refractivity contribution >= 4 is 0 Å². The van der Waals surface area contributed by atoms with Gasteiger partial charge in [-0.25, -0.2) is 4.39 Å². The second-order valence-electron chi connectivity index (χ2n) is 4.29. The van der Waals surface area contributed by atoms with Crippen molar-refractivity contribution in [3.63, 3.8) is 0 Å². The summed E-state index contributed by atoms with van der Waals surface area (Å²) in [4.78, 5) is 0. The van der Waals surface area contributed by atoms with Crippen LogP contribution >= 0.6 is 0 Å². The molecule has 0 fully saturated rings. The highest BCUT2D eigenvalue weighted by Crippen LogP contribution is 2.35. The minimum Gasteiger partial charge on any atom is -0.385 e. The smallest absolute Gasteiger partial charge is 0.385 e. The zero-order chi connectivity index (χ0) is 14.0. The van der Waals surface area contributed by atoms with Crippen LogP contribution in [0.25, 0.3) is 0 Å². The normalized spacial score (nSPS) is 15.2. The lowest BCUT2D eigenvalue weighted by Crippen LogP contribution is -2.22. The Labute approximate surface area is 103 Å². The second kappa shape index (κ2) is 5.10. The number of aliphatic hydroxyl groups is 1. The molecule has 0 radical (unpaired) electrons. The number of halogens is 4. The summed E-state index contributed by atoms with van der Waals surface area (Å²) in [5, 5.41) is 10.1. The number of allylic oxidation sites excluding steroid dienone is 1. The number of hydrogen-bond donors (Lipinski definition) is 1. The Morgan fingerprint density at radius 3 is 2.44 bits per heavy atom. The fourth-order valence-corrected chi connectivity index (χ4v) is 1.60. The maximum absolute atomic E-state index is 13.1. The average Bonchev–Trinajstić information content (AvgIpc) is 2.25. The molecule has 0 amide bonds. The molecule has 0 aliphatic rings. The minimum absolute atomic E-state index is 0.0399. The molecule has 0 aromatic heterocycles. The molecule has 18 heavy (non-hydrogen) atoms. The summed E-state index contributed by atoms with van der Waals surface area (Å²) in [5.41, 5.74) is -2.76. The summed E-state index contributed by atoms with van der Waals surface area (Å²) in [7, 11) is 0. The topological polar surface area (TPSA) is 20.2 Å². The first-order valence-corrected chi connectivity index (χ1v) is 5.39. The summed E-state index contributed by atoms with van der Waals surface area (Å²) in [5.74, 6) is -1.34. The molecule has 1 aromatic rings. The van der Waals surface area contributed by atoms with E-state index in [0.717, 1.165) is 12.1 Å². The van der Waals surface area contributed by atoms with E-state index < -0.39 is 23.2 Å². The molecule has 1 nitrogen and oxygen atoms in total. The summed E-state index contributed by atoms with van der Waals surface area (Å²) in [6.07, 6.45) is -2.54. The third kappa shape index (κ3) is 3.32. The number of hydrogen-bond acceptors (Lipinski definition) is 1. The van der Waals surface area contributed by atoms with Gasteiger partial charge >= 0.3 is 6.18 Å². The van der Waals surface area contributed by atoms with Gasteiger partial charge < -0.3 is 5.11 Å². The molecule has 1 atom stereocenters. The molecule has 5 heteroatoms. The lowest BCUT2D eigenvalue weighted by atomic mass is 9.90. The van der Waals surface area contributed by atoms with Crippen LogP contribution in [0.15, 0.2) is 30.9 Å². The van der Waals surface area contributed by atoms with Gasteiger partial charge in [0.2, 0.25) is 0 Å². The van der Waals surface area contributed by atoms with Crippen molar-refractivity contribution in [2.75, 3.05) is 0 Å². The van der Waals surface area contributed by atoms with Gasteiger partial charge in [-0.1, -0.05) is 12.1 Å². The number of benzene rings is 1. The van der Waals surface area contributed by atoms with Gasteiger partial charge in [0.05, 0.1) is 11.2 Å². The predicted molar refractivity (Wildman–Crippen MR) is 60.4 cm³/mol. The van der Waals surface area contributed by atoms with Crippen molar-refractivity contribution in [2.45, 2.75) is 31.5 Å². The zero-order valence-corrected chi connectivity index (χ0v) is 9.89. The van der Waals surface area contributed by atoms with Crippen molar-refractivity contribution in [3.05, 3.63) is 47.8 Å². The Kier molecular flexibility index (Phi) is 4.16. The molecule has 0 spiro atoms. The monoisotopic (exact) mass is 262 g/mol. The number of alkyl halides is 3. The van der Waals surface area contributed by atoms with Crippen LogP contribution in [0.5, 0.6) is 0 Å². The van der Waals surface area contributed by atoms with Gasteiger partial charge in [0.15, 0.2) is 0 Å². The lowest BCUT2D eigenvalue weighted by Gasteiger charge is -2.24. The number of rotatable bonds is 4. The summed E-state index contributed by atoms with van der Waals surface area (Å²) in [6.45, 7) is 4.87. The highest BCUT2D eigenvalue weighted by Gasteiger charge is 2.35. The van der Waals surface area contributed by atoms with Crippen LogP contribution in [0.2, 0.25) is 0 Å². The van der Waals surface area contributed by atoms with Gasteiger partial charge in [-0.2, -0.15) is 13.2 Å². The molecule has 0 aliphatic carbocycles. The zero-order valence-electron chi connectivity index (χ0n) is 9.89. The van der Waals surface area contributed by atoms with Crippen molar-refractivity contribution in [2.24, 2.45) is 0 Å². The van der Waals surface area contributed by atoms with E-state index in [1.165, 1.54) is 6.92 Å². The Morgan fingerprint density at radius 1 is 1.33 bits per heavy atom. The van der Waals surface area contributed by atoms with Gasteiger partial charge in [-0.15, -0.1) is 6.58 Å². The standard InChI is InChI=1S/C13H14F4O/c1-3-4-7-12(2,18)9-5-6-11(14)10(8-9)13(15,16)17/h3,5-6,8,18H,1,4,7H2,2H3. The Bertz CT molecular complexity index is 435. The Hall–Kier alpha value is -1.36. The Morgan fingerprint density at radius 2 is 1.94 bits per heavy atom. The van der Waals surface area contributed by atoms with Gasteiger partial charge in [0.1, 0.15) is 5.82 Å². The van der Waals surface area contributed by atoms with E-state index in [9.17, 15) is 22.7 Å². The fraction of sp³-hybridized carbons (Fsp3) is 0.385. The van der Waals surface area contributed by atoms with Gasteiger partial charge in [0, 0.05) is 0 Å². The van der Waals surface area contributed by atoms with Gasteiger partial charge in [0.25, 0.3) is 0 Å². The molecule has 0 aliphatic heterocycles. The molecule has 100 valence electrons. The molecule has 0 saturated carbocycles. The molecule has 1 unspecified atom stereocenters. The summed E-state index contributed by atoms with van der Waals surface area (Å²) < 4.78 is 50.7. The quantitative estimate of drug-likeness (QED) is 0.642. The molecular weight excluding hydrogens is 248 g/mol. The van der Waals surface area contributed by atoms with E-state index in [1.54, 1.807) is 6.08 Å². The highest BCUT2D eigenvalue weighted by atomic mass is 19.4. The van der Waals surface area contributed by atoms with E-state index in [2.05, 4.69) is 6.58 Å². The van der Waals surface area contributed by atoms with Crippen molar-refractivity contribution in [3.8, 4) is 0 Å². The summed E-state index contributed by atoms with van der Waals surface area (Å²) in [6, 6.07) is 2.53. The van der Waals surface area contributed by atoms with Gasteiger partial charge in [-0.05, 0) is 37.5 Å². The first-order valence-electron chi connectivity index (χ1n) is 5.39. The van der Waals surface area contributed by atoms with Crippen LogP contribution in [0, 0.1) is 5.82 Å². The highest BCUT2D eigenvalue weighted by molar-refractivity contribution is 5.31. The molecule has 0 saturated heterocycles. The molecule has 1 rings (SSSR count). The molecule has 1 aromatic carbocycles. The largest absolute Gasteiger partial charge is 0.419 e. The maximum Gasteiger partial charge on any atom is 0.419 e. The van der Waals surface area contributed by atoms with Crippen LogP contribution in [0.1, 0.15) is 30.9 Å². The van der Waals surface area contributed by atoms with Crippen LogP contribution in [-0.4, -0.2) is 5.11 Å². The third-order valence-electron chi connectivity index (χ3n) is 2.73. The van der Waals surface area contributed by atoms with E-state index in [1.807, 2.05) is 0 Å². The van der Waals surface area contributed by atoms with E-state index in [4.69, 9.17) is 0 Å². The van der Waals surface area contributed by atoms with Crippen LogP contribution in [0.3, 0.4) is 0 Å². The van der Waals surface area contributed by atoms with Gasteiger partial charge in [-0.3, -0.25) is 0 Å². The Balaban J connectivity index is 3.15. The molecule has 1 N–H and O–H groups in total. The fourth-order valence-electron chi connectivity index (χ4n) is 1.60. The van der Waals surface area contributed by atoms with E-state index in [-0.39, 0.29) is 12.0 Å². The minimum atomic E-state index is -4.77. The van der Waals surface area contributed by atoms with E-state index in [0.29, 0.717) is 12.5 Å². The lowest BCUT2D eigenvalue weighted by molar-refractivity contribution is -0.140. The second-order valence-corrected chi connectivity index (χ2v) is 4.29. The third-order valence-corrected chi connectivity index (χ3v) is 2.73. The first-order chi connectivity index (χ1) is 8.18. The first kappa shape index (κ1) is 14.7. The van der Waals surface area contributed by atoms with E-state index >= 15 is 0 Å². The maximum atomic E-state index is 13.1. The van der Waals surface area contributed by atoms with Crippen LogP contribution < -0.4 is 0 Å². The average molecular weight is 262 g/mol. The molecular formula is C13H14F4O. The molecule has 0 bridgehead atoms. The predicted octanol–water partition coefficient (Wildman–Crippen LogP) is 4.02. The van der Waals surface area contributed by atoms with Crippen molar-refractivity contribution in [1.82, 2.24) is 0 Å². The van der Waals surface area contributed by atoms with Crippen molar-refractivity contribution < 1.29 is 22.7 Å². The van der Waals surface area contributed by atoms with Crippen LogP contribution in [0.4, 0.5) is 17.6 Å². The van der Waals surface area contributed by atoms with Crippen molar-refractivity contribution in [1.29, 1.82) is 0 Å². The SMILES string of the molecule is C=CCCC(C)(O)c1ccc(F)c(C(F)(F)F)c1. The van der Waals surface area contributed by atoms with Crippen LogP contribution in [-0.2, 0) is 11.8 Å².